The van der Waals surface area contributed by atoms with Gasteiger partial charge >= 0.3 is 12.2 Å². The molecule has 0 bridgehead atoms. The minimum Gasteiger partial charge on any atom is -0.494 e. The van der Waals surface area contributed by atoms with E-state index in [2.05, 4.69) is 15.6 Å². The highest BCUT2D eigenvalue weighted by atomic mass is 32.1. The van der Waals surface area contributed by atoms with Crippen LogP contribution < -0.4 is 25.2 Å². The number of imide groups is 1. The topological polar surface area (TPSA) is 204 Å². The van der Waals surface area contributed by atoms with Crippen LogP contribution in [0.1, 0.15) is 69.8 Å². The van der Waals surface area contributed by atoms with Gasteiger partial charge in [-0.3, -0.25) is 24.1 Å². The Balaban J connectivity index is 0.902. The molecule has 2 saturated heterocycles. The quantitative estimate of drug-likeness (QED) is 0.0739. The third kappa shape index (κ3) is 11.8. The summed E-state index contributed by atoms with van der Waals surface area (Å²) in [5.41, 5.74) is 0.533. The zero-order valence-corrected chi connectivity index (χ0v) is 39.3. The van der Waals surface area contributed by atoms with Crippen molar-refractivity contribution in [2.24, 2.45) is 5.41 Å². The van der Waals surface area contributed by atoms with Gasteiger partial charge in [-0.15, -0.1) is 11.3 Å². The maximum atomic E-state index is 13.9. The third-order valence-electron chi connectivity index (χ3n) is 11.5. The molecule has 362 valence electrons. The zero-order chi connectivity index (χ0) is 49.6. The van der Waals surface area contributed by atoms with Crippen molar-refractivity contribution in [3.8, 4) is 22.3 Å². The first kappa shape index (κ1) is 51.0. The van der Waals surface area contributed by atoms with Gasteiger partial charge < -0.3 is 34.9 Å². The highest BCUT2D eigenvalue weighted by Gasteiger charge is 2.53. The molecule has 20 heteroatoms. The summed E-state index contributed by atoms with van der Waals surface area (Å²) in [5, 5.41) is 25.3. The summed E-state index contributed by atoms with van der Waals surface area (Å²) in [6.07, 6.45) is -5.25. The van der Waals surface area contributed by atoms with E-state index < -0.39 is 76.1 Å². The van der Waals surface area contributed by atoms with Gasteiger partial charge in [0.05, 0.1) is 64.9 Å². The zero-order valence-electron chi connectivity index (χ0n) is 38.5. The molecule has 3 atom stereocenters. The Morgan fingerprint density at radius 3 is 2.28 bits per heavy atom. The number of amides is 6. The summed E-state index contributed by atoms with van der Waals surface area (Å²) in [4.78, 5) is 75.8. The number of thiazole rings is 1. The van der Waals surface area contributed by atoms with Crippen LogP contribution in [0.4, 0.5) is 29.3 Å². The maximum absolute atomic E-state index is 13.9. The molecular weight excluding hydrogens is 908 g/mol. The smallest absolute Gasteiger partial charge is 0.417 e. The molecule has 1 aromatic heterocycles. The lowest BCUT2D eigenvalue weighted by molar-refractivity contribution is -0.144. The Morgan fingerprint density at radius 2 is 1.65 bits per heavy atom. The first-order valence-corrected chi connectivity index (χ1v) is 22.7. The Kier molecular flexibility index (Phi) is 16.0. The van der Waals surface area contributed by atoms with E-state index in [-0.39, 0.29) is 51.6 Å². The number of aromatic nitrogens is 1. The van der Waals surface area contributed by atoms with Crippen molar-refractivity contribution in [3.63, 3.8) is 0 Å². The van der Waals surface area contributed by atoms with Crippen molar-refractivity contribution in [2.45, 2.75) is 90.8 Å². The Morgan fingerprint density at radius 1 is 0.971 bits per heavy atom. The highest BCUT2D eigenvalue weighted by Crippen LogP contribution is 2.40. The summed E-state index contributed by atoms with van der Waals surface area (Å²) in [6.45, 7) is 10.9. The number of carbonyl (C=O) groups excluding carboxylic acids is 5. The molecule has 4 aromatic rings. The number of rotatable bonds is 18. The van der Waals surface area contributed by atoms with Crippen LogP contribution in [0.15, 0.2) is 72.2 Å². The van der Waals surface area contributed by atoms with Crippen molar-refractivity contribution >= 4 is 52.4 Å². The van der Waals surface area contributed by atoms with E-state index in [1.54, 1.807) is 61.9 Å². The average molecular weight is 962 g/mol. The Hall–Kier alpha value is -6.40. The fourth-order valence-electron chi connectivity index (χ4n) is 7.87. The molecule has 3 N–H and O–H groups in total. The largest absolute Gasteiger partial charge is 0.494 e. The molecule has 68 heavy (non-hydrogen) atoms. The molecule has 0 aliphatic carbocycles. The normalized spacial score (nSPS) is 17.6. The molecule has 6 rings (SSSR count). The Labute approximate surface area is 396 Å². The number of hydrogen-bond donors (Lipinski definition) is 3. The van der Waals surface area contributed by atoms with Crippen LogP contribution in [-0.2, 0) is 41.4 Å². The van der Waals surface area contributed by atoms with E-state index >= 15 is 0 Å². The number of halogens is 3. The van der Waals surface area contributed by atoms with Crippen molar-refractivity contribution in [2.75, 3.05) is 49.4 Å². The second-order valence-electron chi connectivity index (χ2n) is 18.0. The van der Waals surface area contributed by atoms with Crippen molar-refractivity contribution < 1.29 is 56.5 Å². The second kappa shape index (κ2) is 21.3. The van der Waals surface area contributed by atoms with E-state index in [1.807, 2.05) is 31.2 Å². The molecule has 2 fully saturated rings. The number of ether oxygens (including phenoxy) is 3. The van der Waals surface area contributed by atoms with Crippen LogP contribution in [0, 0.1) is 23.7 Å². The molecule has 0 spiro atoms. The van der Waals surface area contributed by atoms with Gasteiger partial charge in [0.15, 0.2) is 0 Å². The summed E-state index contributed by atoms with van der Waals surface area (Å²) in [6, 6.07) is 15.4. The van der Waals surface area contributed by atoms with Crippen LogP contribution >= 0.6 is 11.3 Å². The highest BCUT2D eigenvalue weighted by molar-refractivity contribution is 7.13. The van der Waals surface area contributed by atoms with E-state index in [9.17, 15) is 42.3 Å². The molecule has 16 nitrogen and oxygen atoms in total. The minimum atomic E-state index is -4.88. The van der Waals surface area contributed by atoms with E-state index in [1.165, 1.54) is 29.7 Å². The number of β-amino-alcohol motifs (C(OH)–C–C–N with tert-alkyl or cyclic N) is 1. The summed E-state index contributed by atoms with van der Waals surface area (Å²) in [5.74, 6) is -1.73. The maximum Gasteiger partial charge on any atom is 0.417 e. The van der Waals surface area contributed by atoms with Crippen LogP contribution in [0.3, 0.4) is 0 Å². The number of benzene rings is 3. The summed E-state index contributed by atoms with van der Waals surface area (Å²) >= 11 is 1.55. The summed E-state index contributed by atoms with van der Waals surface area (Å²) in [7, 11) is 0. The van der Waals surface area contributed by atoms with Gasteiger partial charge in [0.2, 0.25) is 17.7 Å². The van der Waals surface area contributed by atoms with Crippen LogP contribution in [0.5, 0.6) is 5.75 Å². The summed E-state index contributed by atoms with van der Waals surface area (Å²) < 4.78 is 57.9. The van der Waals surface area contributed by atoms with Gasteiger partial charge in [-0.25, -0.2) is 14.7 Å². The molecular formula is C48H54F3N7O9S. The number of aryl methyl sites for hydroxylation is 1. The van der Waals surface area contributed by atoms with E-state index in [0.29, 0.717) is 35.4 Å². The lowest BCUT2D eigenvalue weighted by atomic mass is 9.85. The van der Waals surface area contributed by atoms with Gasteiger partial charge in [-0.2, -0.15) is 18.4 Å². The monoisotopic (exact) mass is 961 g/mol. The van der Waals surface area contributed by atoms with Gasteiger partial charge in [0, 0.05) is 38.2 Å². The molecule has 0 unspecified atom stereocenters. The molecule has 0 saturated carbocycles. The predicted molar refractivity (Wildman–Crippen MR) is 245 cm³/mol. The first-order valence-electron chi connectivity index (χ1n) is 21.8. The number of nitrogens with zero attached hydrogens (tertiary/aromatic N) is 5. The first-order chi connectivity index (χ1) is 32.1. The number of anilines is 2. The fraction of sp³-hybridized carbons (Fsp3) is 0.438. The van der Waals surface area contributed by atoms with Crippen LogP contribution in [0.25, 0.3) is 10.4 Å². The number of carbonyl (C=O) groups is 5. The third-order valence-corrected chi connectivity index (χ3v) is 12.4. The van der Waals surface area contributed by atoms with E-state index in [0.717, 1.165) is 33.8 Å². The van der Waals surface area contributed by atoms with Gasteiger partial charge in [-0.1, -0.05) is 45.0 Å². The lowest BCUT2D eigenvalue weighted by Gasteiger charge is -2.35. The molecule has 2 aliphatic heterocycles. The average Bonchev–Trinajstić information content (AvgIpc) is 3.95. The second-order valence-corrected chi connectivity index (χ2v) is 18.8. The standard InChI is InChI=1S/C48H54F3N7O9S/c1-29-40(68-28-54-29)31-10-8-30(9-11-31)25-53-42(61)38-23-35(59)26-56(38)43(62)41(46(2,3)4)55-39(60)27-66-21-20-65-18-7-19-67-36-16-14-33(15-17-36)58-45(64)57(44(63)47(58,5)6)34-13-12-32(24-52)37(22-34)48(49,50)51/h8-17,22,28,35,38,41,59H,7,18-21,23,25-27H2,1-6H3,(H,53,61)(H,55,60)/t35-,38+,41-/m1/s1. The molecule has 2 aliphatic rings. The van der Waals surface area contributed by atoms with Crippen molar-refractivity contribution in [1.29, 1.82) is 5.26 Å². The molecule has 3 heterocycles. The fourth-order valence-corrected chi connectivity index (χ4v) is 8.68. The number of aliphatic hydroxyl groups is 1. The Bertz CT molecular complexity index is 2520. The molecule has 3 aromatic carbocycles. The predicted octanol–water partition coefficient (Wildman–Crippen LogP) is 6.37. The number of alkyl halides is 3. The lowest BCUT2D eigenvalue weighted by Crippen LogP contribution is -2.58. The SMILES string of the molecule is Cc1ncsc1-c1ccc(CNC(=O)[C@@H]2C[C@@H](O)CN2C(=O)[C@@H](NC(=O)COCCOCCCOc2ccc(N3C(=O)N(c4ccc(C#N)c(C(F)(F)F)c4)C(=O)C3(C)C)cc2)C(C)(C)C)cc1. The van der Waals surface area contributed by atoms with Crippen LogP contribution in [-0.4, -0.2) is 108 Å². The van der Waals surface area contributed by atoms with Gasteiger partial charge in [0.1, 0.15) is 30.0 Å². The van der Waals surface area contributed by atoms with Gasteiger partial charge in [0.25, 0.3) is 5.91 Å². The van der Waals surface area contributed by atoms with Crippen molar-refractivity contribution in [3.05, 3.63) is 94.6 Å². The number of hydrogen-bond acceptors (Lipinski definition) is 12. The van der Waals surface area contributed by atoms with E-state index in [4.69, 9.17) is 19.5 Å². The minimum absolute atomic E-state index is 0.0558. The molecule has 6 amide bonds. The van der Waals surface area contributed by atoms with Crippen molar-refractivity contribution in [1.82, 2.24) is 20.5 Å². The number of nitriles is 1. The number of likely N-dealkylation sites (tertiary alicyclic amines) is 1. The molecule has 0 radical (unpaired) electrons. The number of urea groups is 1. The van der Waals surface area contributed by atoms with Crippen LogP contribution in [0.2, 0.25) is 0 Å². The number of nitrogens with one attached hydrogen (secondary N) is 2. The number of aliphatic hydroxyl groups excluding tert-OH is 1. The van der Waals surface area contributed by atoms with Gasteiger partial charge in [-0.05, 0) is 79.8 Å².